The first kappa shape index (κ1) is 38.1. The number of aldehydes is 3. The molecule has 1 aliphatic rings. The van der Waals surface area contributed by atoms with E-state index in [1.165, 1.54) is 42.9 Å². The zero-order chi connectivity index (χ0) is 24.5. The van der Waals surface area contributed by atoms with Crippen LogP contribution in [0, 0.1) is 0 Å². The van der Waals surface area contributed by atoms with Crippen molar-refractivity contribution in [2.45, 2.75) is 67.7 Å². The van der Waals surface area contributed by atoms with E-state index in [0.29, 0.717) is 12.0 Å². The molecule has 1 fully saturated rings. The second-order valence-corrected chi connectivity index (χ2v) is 4.97. The third kappa shape index (κ3) is 44.7. The fourth-order valence-electron chi connectivity index (χ4n) is 0.795. The molecule has 0 amide bonds. The van der Waals surface area contributed by atoms with Crippen molar-refractivity contribution in [1.29, 1.82) is 0 Å². The Morgan fingerprint density at radius 1 is 0.867 bits per heavy atom. The maximum atomic E-state index is 9.88. The third-order valence-electron chi connectivity index (χ3n) is 1.94. The van der Waals surface area contributed by atoms with Crippen LogP contribution in [-0.2, 0) is 9.59 Å². The molecule has 2 heterocycles. The minimum absolute atomic E-state index is 0.375. The Labute approximate surface area is 187 Å². The molecule has 0 N–H and O–H groups in total. The minimum atomic E-state index is 0.375. The molecule has 0 saturated heterocycles. The van der Waals surface area contributed by atoms with Crippen LogP contribution < -0.4 is 0 Å². The smallest absolute Gasteiger partial charge is 0.185 e. The Morgan fingerprint density at radius 2 is 1.40 bits per heavy atom. The predicted molar refractivity (Wildman–Crippen MR) is 130 cm³/mol. The second kappa shape index (κ2) is 45.3. The zero-order valence-corrected chi connectivity index (χ0v) is 20.4. The van der Waals surface area contributed by atoms with Crippen LogP contribution in [0.1, 0.15) is 88.0 Å². The van der Waals surface area contributed by atoms with Crippen LogP contribution in [0.2, 0.25) is 0 Å². The van der Waals surface area contributed by atoms with Crippen LogP contribution in [0.3, 0.4) is 0 Å². The molecule has 3 rings (SSSR count). The first-order valence-corrected chi connectivity index (χ1v) is 11.0. The standard InChI is InChI=1S/C5H4O2.C5H4OS.C4H6O.C3H6.3C2H6.CH2O/c2*6-4-5-2-1-3-7-5;1-2-3-4-5;1-2-3-1;4*1-2/h2*1-4H;2-4H,1H3;1-3H2;3*1-2H3;1H2/b;;3-2+;;;;;. The largest absolute Gasteiger partial charge is 0.462 e. The van der Waals surface area contributed by atoms with E-state index in [1.54, 1.807) is 31.2 Å². The number of carbonyl (C=O) groups excluding carboxylic acids is 4. The lowest BCUT2D eigenvalue weighted by atomic mass is 10.5. The highest BCUT2D eigenvalue weighted by Crippen LogP contribution is 2.14. The summed E-state index contributed by atoms with van der Waals surface area (Å²) in [6, 6.07) is 6.92. The second-order valence-electron chi connectivity index (χ2n) is 3.99. The predicted octanol–water partition coefficient (Wildman–Crippen LogP) is 7.48. The van der Waals surface area contributed by atoms with Crippen molar-refractivity contribution in [2.75, 3.05) is 0 Å². The van der Waals surface area contributed by atoms with Gasteiger partial charge in [0.05, 0.1) is 11.1 Å². The summed E-state index contributed by atoms with van der Waals surface area (Å²) in [5, 5.41) is 1.88. The molecule has 30 heavy (non-hydrogen) atoms. The van der Waals surface area contributed by atoms with Gasteiger partial charge in [-0.3, -0.25) is 14.4 Å². The van der Waals surface area contributed by atoms with Gasteiger partial charge in [0.1, 0.15) is 13.1 Å². The van der Waals surface area contributed by atoms with Crippen molar-refractivity contribution in [3.05, 3.63) is 58.7 Å². The molecule has 172 valence electrons. The Balaban J connectivity index is -0.0000000852. The number of hydrogen-bond donors (Lipinski definition) is 0. The Hall–Kier alpha value is -2.60. The van der Waals surface area contributed by atoms with E-state index in [0.717, 1.165) is 17.4 Å². The highest BCUT2D eigenvalue weighted by molar-refractivity contribution is 7.11. The van der Waals surface area contributed by atoms with Crippen LogP contribution in [0.25, 0.3) is 0 Å². The molecule has 5 nitrogen and oxygen atoms in total. The van der Waals surface area contributed by atoms with Gasteiger partial charge in [0.15, 0.2) is 18.3 Å². The Bertz CT molecular complexity index is 489. The number of allylic oxidation sites excluding steroid dienone is 2. The Morgan fingerprint density at radius 3 is 1.53 bits per heavy atom. The summed E-state index contributed by atoms with van der Waals surface area (Å²) in [6.07, 6.45) is 11.4. The molecule has 0 bridgehead atoms. The van der Waals surface area contributed by atoms with Gasteiger partial charge in [-0.25, -0.2) is 0 Å². The topological polar surface area (TPSA) is 81.4 Å². The molecule has 1 aliphatic carbocycles. The molecule has 2 aromatic rings. The van der Waals surface area contributed by atoms with Crippen LogP contribution in [0.4, 0.5) is 0 Å². The SMILES string of the molecule is C/C=C/C=O.C1CC1.C=O.CC.CC.CC.O=Cc1ccco1.O=Cc1cccs1. The Kier molecular flexibility index (Phi) is 57.4. The molecule has 2 aromatic heterocycles. The number of rotatable bonds is 3. The summed E-state index contributed by atoms with van der Waals surface area (Å²) in [5.74, 6) is 0.375. The van der Waals surface area contributed by atoms with Gasteiger partial charge in [-0.1, -0.05) is 72.9 Å². The summed E-state index contributed by atoms with van der Waals surface area (Å²) in [6.45, 7) is 15.8. The van der Waals surface area contributed by atoms with E-state index < -0.39 is 0 Å². The fourth-order valence-corrected chi connectivity index (χ4v) is 1.32. The lowest BCUT2D eigenvalue weighted by molar-refractivity contribution is -0.104. The first-order valence-electron chi connectivity index (χ1n) is 10.1. The maximum Gasteiger partial charge on any atom is 0.185 e. The van der Waals surface area contributed by atoms with Crippen molar-refractivity contribution < 1.29 is 23.6 Å². The van der Waals surface area contributed by atoms with Gasteiger partial charge < -0.3 is 9.21 Å². The van der Waals surface area contributed by atoms with Crippen molar-refractivity contribution in [2.24, 2.45) is 0 Å². The minimum Gasteiger partial charge on any atom is -0.462 e. The maximum absolute atomic E-state index is 9.88. The first-order chi connectivity index (χ1) is 14.8. The number of thiophene rings is 1. The van der Waals surface area contributed by atoms with Crippen LogP contribution in [0.5, 0.6) is 0 Å². The molecule has 1 saturated carbocycles. The molecular weight excluding hydrogens is 400 g/mol. The van der Waals surface area contributed by atoms with Crippen molar-refractivity contribution >= 4 is 37.0 Å². The van der Waals surface area contributed by atoms with Crippen LogP contribution in [0.15, 0.2) is 52.5 Å². The normalized spacial score (nSPS) is 8.63. The zero-order valence-electron chi connectivity index (χ0n) is 19.6. The summed E-state index contributed by atoms with van der Waals surface area (Å²) >= 11 is 1.45. The molecular formula is C24H40O5S. The average molecular weight is 441 g/mol. The third-order valence-corrected chi connectivity index (χ3v) is 2.74. The number of carbonyl (C=O) groups is 4. The van der Waals surface area contributed by atoms with Gasteiger partial charge in [0.2, 0.25) is 0 Å². The van der Waals surface area contributed by atoms with Crippen LogP contribution >= 0.6 is 11.3 Å². The van der Waals surface area contributed by atoms with Gasteiger partial charge >= 0.3 is 0 Å². The van der Waals surface area contributed by atoms with E-state index in [1.807, 2.05) is 59.8 Å². The van der Waals surface area contributed by atoms with E-state index in [4.69, 9.17) is 4.79 Å². The van der Waals surface area contributed by atoms with Crippen molar-refractivity contribution in [1.82, 2.24) is 0 Å². The fraction of sp³-hybridized carbons (Fsp3) is 0.417. The highest BCUT2D eigenvalue weighted by atomic mass is 32.1. The average Bonchev–Trinajstić information content (AvgIpc) is 3.44. The molecule has 0 radical (unpaired) electrons. The van der Waals surface area contributed by atoms with E-state index in [-0.39, 0.29) is 0 Å². The van der Waals surface area contributed by atoms with Gasteiger partial charge in [0.25, 0.3) is 0 Å². The van der Waals surface area contributed by atoms with E-state index in [2.05, 4.69) is 4.42 Å². The van der Waals surface area contributed by atoms with Gasteiger partial charge in [-0.15, -0.1) is 11.3 Å². The molecule has 6 heteroatoms. The van der Waals surface area contributed by atoms with E-state index >= 15 is 0 Å². The quantitative estimate of drug-likeness (QED) is 0.365. The number of furan rings is 1. The molecule has 0 aliphatic heterocycles. The summed E-state index contributed by atoms with van der Waals surface area (Å²) < 4.78 is 4.61. The summed E-state index contributed by atoms with van der Waals surface area (Å²) in [5.41, 5.74) is 0. The van der Waals surface area contributed by atoms with Gasteiger partial charge in [-0.05, 0) is 36.6 Å². The van der Waals surface area contributed by atoms with Crippen LogP contribution in [-0.4, -0.2) is 25.6 Å². The van der Waals surface area contributed by atoms with Crippen molar-refractivity contribution in [3.8, 4) is 0 Å². The molecule has 0 atom stereocenters. The molecule has 0 aromatic carbocycles. The molecule has 0 unspecified atom stereocenters. The summed E-state index contributed by atoms with van der Waals surface area (Å²) in [4.78, 5) is 37.8. The monoisotopic (exact) mass is 440 g/mol. The van der Waals surface area contributed by atoms with E-state index in [9.17, 15) is 14.4 Å². The van der Waals surface area contributed by atoms with Crippen molar-refractivity contribution in [3.63, 3.8) is 0 Å². The summed E-state index contributed by atoms with van der Waals surface area (Å²) in [7, 11) is 0. The van der Waals surface area contributed by atoms with Gasteiger partial charge in [-0.2, -0.15) is 0 Å². The lowest BCUT2D eigenvalue weighted by Gasteiger charge is -1.68. The highest BCUT2D eigenvalue weighted by Gasteiger charge is 1.95. The number of hydrogen-bond acceptors (Lipinski definition) is 6. The van der Waals surface area contributed by atoms with Gasteiger partial charge in [0, 0.05) is 0 Å². The lowest BCUT2D eigenvalue weighted by Crippen LogP contribution is -1.65. The molecule has 0 spiro atoms.